The van der Waals surface area contributed by atoms with Crippen molar-refractivity contribution in [1.82, 2.24) is 14.9 Å². The first kappa shape index (κ1) is 13.6. The second-order valence-electron chi connectivity index (χ2n) is 4.79. The van der Waals surface area contributed by atoms with E-state index in [1.54, 1.807) is 11.2 Å². The van der Waals surface area contributed by atoms with Crippen LogP contribution in [0.15, 0.2) is 6.33 Å². The lowest BCUT2D eigenvalue weighted by molar-refractivity contribution is -0.127. The molecule has 1 fully saturated rings. The van der Waals surface area contributed by atoms with Gasteiger partial charge in [-0.15, -0.1) is 0 Å². The predicted molar refractivity (Wildman–Crippen MR) is 75.4 cm³/mol. The Bertz CT molecular complexity index is 462. The van der Waals surface area contributed by atoms with Crippen LogP contribution in [0.3, 0.4) is 0 Å². The topological polar surface area (TPSA) is 61.4 Å². The van der Waals surface area contributed by atoms with Gasteiger partial charge in [-0.2, -0.15) is 0 Å². The van der Waals surface area contributed by atoms with Crippen LogP contribution >= 0.6 is 0 Å². The SMILES string of the molecule is CCNc1ncnc(N2CCCN(C)C(=O)C2)c1C. The number of likely N-dealkylation sites (N-methyl/N-ethyl adjacent to an activating group) is 1. The highest BCUT2D eigenvalue weighted by molar-refractivity contribution is 5.81. The summed E-state index contributed by atoms with van der Waals surface area (Å²) in [5, 5.41) is 3.22. The molecule has 0 aliphatic carbocycles. The van der Waals surface area contributed by atoms with Crippen LogP contribution in [0.1, 0.15) is 18.9 Å². The average Bonchev–Trinajstić information content (AvgIpc) is 2.55. The Balaban J connectivity index is 2.25. The molecule has 2 rings (SSSR count). The number of nitrogens with zero attached hydrogens (tertiary/aromatic N) is 4. The van der Waals surface area contributed by atoms with E-state index in [4.69, 9.17) is 0 Å². The monoisotopic (exact) mass is 263 g/mol. The van der Waals surface area contributed by atoms with Gasteiger partial charge in [-0.1, -0.05) is 0 Å². The van der Waals surface area contributed by atoms with Gasteiger partial charge in [0.1, 0.15) is 18.0 Å². The van der Waals surface area contributed by atoms with Crippen LogP contribution in [-0.4, -0.2) is 54.0 Å². The smallest absolute Gasteiger partial charge is 0.241 e. The van der Waals surface area contributed by atoms with E-state index in [0.29, 0.717) is 6.54 Å². The van der Waals surface area contributed by atoms with Crippen LogP contribution in [0.5, 0.6) is 0 Å². The molecule has 0 unspecified atom stereocenters. The van der Waals surface area contributed by atoms with Gasteiger partial charge in [-0.3, -0.25) is 4.79 Å². The second-order valence-corrected chi connectivity index (χ2v) is 4.79. The zero-order valence-corrected chi connectivity index (χ0v) is 11.8. The van der Waals surface area contributed by atoms with Gasteiger partial charge in [0.05, 0.1) is 6.54 Å². The molecule has 1 aromatic rings. The number of hydrogen-bond donors (Lipinski definition) is 1. The summed E-state index contributed by atoms with van der Waals surface area (Å²) in [5.74, 6) is 1.84. The molecule has 1 aliphatic rings. The number of carbonyl (C=O) groups is 1. The molecule has 0 bridgehead atoms. The van der Waals surface area contributed by atoms with Crippen molar-refractivity contribution >= 4 is 17.5 Å². The van der Waals surface area contributed by atoms with Gasteiger partial charge in [-0.05, 0) is 20.3 Å². The molecule has 0 radical (unpaired) electrons. The molecule has 1 amide bonds. The number of aromatic nitrogens is 2. The third kappa shape index (κ3) is 2.94. The number of nitrogens with one attached hydrogen (secondary N) is 1. The second kappa shape index (κ2) is 5.86. The molecule has 1 saturated heterocycles. The predicted octanol–water partition coefficient (Wildman–Crippen LogP) is 0.885. The zero-order chi connectivity index (χ0) is 13.8. The lowest BCUT2D eigenvalue weighted by Gasteiger charge is -2.23. The average molecular weight is 263 g/mol. The number of anilines is 2. The summed E-state index contributed by atoms with van der Waals surface area (Å²) in [6.45, 7) is 6.88. The van der Waals surface area contributed by atoms with E-state index in [9.17, 15) is 4.79 Å². The molecule has 1 aromatic heterocycles. The Morgan fingerprint density at radius 1 is 1.37 bits per heavy atom. The van der Waals surface area contributed by atoms with Gasteiger partial charge >= 0.3 is 0 Å². The first-order valence-corrected chi connectivity index (χ1v) is 6.68. The Hall–Kier alpha value is -1.85. The summed E-state index contributed by atoms with van der Waals surface area (Å²) in [4.78, 5) is 24.4. The summed E-state index contributed by atoms with van der Waals surface area (Å²) in [6, 6.07) is 0. The fraction of sp³-hybridized carbons (Fsp3) is 0.615. The summed E-state index contributed by atoms with van der Waals surface area (Å²) >= 11 is 0. The number of hydrogen-bond acceptors (Lipinski definition) is 5. The highest BCUT2D eigenvalue weighted by Crippen LogP contribution is 2.23. The molecule has 19 heavy (non-hydrogen) atoms. The first-order valence-electron chi connectivity index (χ1n) is 6.68. The van der Waals surface area contributed by atoms with Gasteiger partial charge in [-0.25, -0.2) is 9.97 Å². The Kier molecular flexibility index (Phi) is 4.19. The molecule has 0 saturated carbocycles. The summed E-state index contributed by atoms with van der Waals surface area (Å²) in [6.07, 6.45) is 2.52. The molecule has 6 heteroatoms. The van der Waals surface area contributed by atoms with E-state index in [-0.39, 0.29) is 5.91 Å². The molecule has 2 heterocycles. The van der Waals surface area contributed by atoms with E-state index in [2.05, 4.69) is 15.3 Å². The standard InChI is InChI=1S/C13H21N5O/c1-4-14-12-10(2)13(16-9-15-12)18-7-5-6-17(3)11(19)8-18/h9H,4-8H2,1-3H3,(H,14,15,16). The Morgan fingerprint density at radius 3 is 2.89 bits per heavy atom. The van der Waals surface area contributed by atoms with Crippen LogP contribution in [0.25, 0.3) is 0 Å². The van der Waals surface area contributed by atoms with Gasteiger partial charge in [0.15, 0.2) is 0 Å². The third-order valence-electron chi connectivity index (χ3n) is 3.37. The number of carbonyl (C=O) groups excluding carboxylic acids is 1. The summed E-state index contributed by atoms with van der Waals surface area (Å²) < 4.78 is 0. The maximum absolute atomic E-state index is 11.9. The van der Waals surface area contributed by atoms with Gasteiger partial charge < -0.3 is 15.1 Å². The van der Waals surface area contributed by atoms with Crippen molar-refractivity contribution in [3.05, 3.63) is 11.9 Å². The normalized spacial score (nSPS) is 16.5. The van der Waals surface area contributed by atoms with E-state index < -0.39 is 0 Å². The van der Waals surface area contributed by atoms with E-state index >= 15 is 0 Å². The quantitative estimate of drug-likeness (QED) is 0.877. The van der Waals surface area contributed by atoms with Crippen molar-refractivity contribution in [2.45, 2.75) is 20.3 Å². The molecule has 0 atom stereocenters. The fourth-order valence-electron chi connectivity index (χ4n) is 2.27. The Labute approximate surface area is 113 Å². The largest absolute Gasteiger partial charge is 0.370 e. The van der Waals surface area contributed by atoms with E-state index in [0.717, 1.165) is 43.3 Å². The van der Waals surface area contributed by atoms with Crippen molar-refractivity contribution in [1.29, 1.82) is 0 Å². The molecule has 6 nitrogen and oxygen atoms in total. The van der Waals surface area contributed by atoms with Crippen molar-refractivity contribution < 1.29 is 4.79 Å². The minimum Gasteiger partial charge on any atom is -0.370 e. The molecular formula is C13H21N5O. The highest BCUT2D eigenvalue weighted by Gasteiger charge is 2.22. The number of amides is 1. The van der Waals surface area contributed by atoms with Crippen molar-refractivity contribution in [3.8, 4) is 0 Å². The van der Waals surface area contributed by atoms with Crippen LogP contribution in [0.2, 0.25) is 0 Å². The van der Waals surface area contributed by atoms with E-state index in [1.807, 2.05) is 25.8 Å². The fourth-order valence-corrected chi connectivity index (χ4v) is 2.27. The minimum absolute atomic E-state index is 0.139. The first-order chi connectivity index (χ1) is 9.13. The lowest BCUT2D eigenvalue weighted by Crippen LogP contribution is -2.35. The minimum atomic E-state index is 0.139. The molecule has 104 valence electrons. The highest BCUT2D eigenvalue weighted by atomic mass is 16.2. The Morgan fingerprint density at radius 2 is 2.16 bits per heavy atom. The molecule has 1 aliphatic heterocycles. The van der Waals surface area contributed by atoms with Crippen LogP contribution < -0.4 is 10.2 Å². The lowest BCUT2D eigenvalue weighted by atomic mass is 10.2. The van der Waals surface area contributed by atoms with Crippen LogP contribution in [0.4, 0.5) is 11.6 Å². The zero-order valence-electron chi connectivity index (χ0n) is 11.8. The van der Waals surface area contributed by atoms with Crippen molar-refractivity contribution in [2.75, 3.05) is 43.4 Å². The van der Waals surface area contributed by atoms with E-state index in [1.165, 1.54) is 0 Å². The summed E-state index contributed by atoms with van der Waals surface area (Å²) in [7, 11) is 1.85. The maximum atomic E-state index is 11.9. The molecule has 1 N–H and O–H groups in total. The molecular weight excluding hydrogens is 242 g/mol. The number of rotatable bonds is 3. The van der Waals surface area contributed by atoms with Crippen LogP contribution in [-0.2, 0) is 4.79 Å². The van der Waals surface area contributed by atoms with Crippen molar-refractivity contribution in [3.63, 3.8) is 0 Å². The van der Waals surface area contributed by atoms with Crippen LogP contribution in [0, 0.1) is 6.92 Å². The maximum Gasteiger partial charge on any atom is 0.241 e. The van der Waals surface area contributed by atoms with Gasteiger partial charge in [0.25, 0.3) is 0 Å². The molecule has 0 spiro atoms. The van der Waals surface area contributed by atoms with Gasteiger partial charge in [0.2, 0.25) is 5.91 Å². The molecule has 0 aromatic carbocycles. The van der Waals surface area contributed by atoms with Crippen molar-refractivity contribution in [2.24, 2.45) is 0 Å². The summed E-state index contributed by atoms with van der Waals surface area (Å²) in [5.41, 5.74) is 1.00. The third-order valence-corrected chi connectivity index (χ3v) is 3.37. The van der Waals surface area contributed by atoms with Gasteiger partial charge in [0, 0.05) is 32.2 Å².